The molecule has 0 aromatic carbocycles. The maximum atomic E-state index is 12.6. The second-order valence-corrected chi connectivity index (χ2v) is 6.09. The van der Waals surface area contributed by atoms with E-state index in [1.807, 2.05) is 0 Å². The monoisotopic (exact) mass is 267 g/mol. The molecule has 0 aliphatic carbocycles. The fourth-order valence-corrected chi connectivity index (χ4v) is 3.54. The molecule has 19 heavy (non-hydrogen) atoms. The van der Waals surface area contributed by atoms with Gasteiger partial charge < -0.3 is 14.5 Å². The molecular weight excluding hydrogens is 242 g/mol. The van der Waals surface area contributed by atoms with E-state index in [-0.39, 0.29) is 12.0 Å². The van der Waals surface area contributed by atoms with Gasteiger partial charge in [-0.05, 0) is 32.9 Å². The third kappa shape index (κ3) is 2.93. The van der Waals surface area contributed by atoms with Crippen molar-refractivity contribution >= 4 is 5.91 Å². The lowest BCUT2D eigenvalue weighted by molar-refractivity contribution is -0.149. The Labute approximate surface area is 115 Å². The van der Waals surface area contributed by atoms with Crippen molar-refractivity contribution in [2.45, 2.75) is 31.4 Å². The first kappa shape index (κ1) is 13.3. The van der Waals surface area contributed by atoms with E-state index in [0.717, 1.165) is 39.1 Å². The highest BCUT2D eigenvalue weighted by molar-refractivity contribution is 5.81. The van der Waals surface area contributed by atoms with E-state index in [9.17, 15) is 4.79 Å². The number of nitrogens with zero attached hydrogens (tertiary/aromatic N) is 3. The van der Waals surface area contributed by atoms with E-state index in [0.29, 0.717) is 12.6 Å². The van der Waals surface area contributed by atoms with Crippen molar-refractivity contribution in [3.8, 4) is 0 Å². The molecule has 0 saturated carbocycles. The predicted molar refractivity (Wildman–Crippen MR) is 73.0 cm³/mol. The molecule has 0 aromatic heterocycles. The first-order chi connectivity index (χ1) is 9.24. The van der Waals surface area contributed by atoms with Gasteiger partial charge in [-0.1, -0.05) is 0 Å². The normalized spacial score (nSPS) is 34.1. The van der Waals surface area contributed by atoms with Gasteiger partial charge in [0.1, 0.15) is 6.10 Å². The van der Waals surface area contributed by atoms with Gasteiger partial charge in [0.05, 0.1) is 6.61 Å². The topological polar surface area (TPSA) is 36.0 Å². The van der Waals surface area contributed by atoms with E-state index in [1.54, 1.807) is 0 Å². The third-order valence-electron chi connectivity index (χ3n) is 4.66. The van der Waals surface area contributed by atoms with Gasteiger partial charge in [0.15, 0.2) is 0 Å². The number of fused-ring (bicyclic) bond motifs is 1. The number of hydrogen-bond acceptors (Lipinski definition) is 4. The summed E-state index contributed by atoms with van der Waals surface area (Å²) >= 11 is 0. The Hall–Kier alpha value is -0.650. The molecular formula is C14H25N3O2. The molecule has 3 fully saturated rings. The van der Waals surface area contributed by atoms with Crippen LogP contribution in [0.4, 0.5) is 0 Å². The van der Waals surface area contributed by atoms with Crippen LogP contribution in [0.2, 0.25) is 0 Å². The molecule has 5 heteroatoms. The average molecular weight is 267 g/mol. The SMILES string of the molecule is CN1CCOC(C(=O)N2CCCN3CCCC3C2)C1. The fraction of sp³-hybridized carbons (Fsp3) is 0.929. The Morgan fingerprint density at radius 1 is 1.11 bits per heavy atom. The average Bonchev–Trinajstić information content (AvgIpc) is 2.75. The van der Waals surface area contributed by atoms with Gasteiger partial charge in [-0.25, -0.2) is 0 Å². The highest BCUT2D eigenvalue weighted by atomic mass is 16.5. The van der Waals surface area contributed by atoms with E-state index in [4.69, 9.17) is 4.74 Å². The van der Waals surface area contributed by atoms with E-state index < -0.39 is 0 Å². The molecule has 3 aliphatic rings. The Balaban J connectivity index is 1.62. The minimum atomic E-state index is -0.244. The van der Waals surface area contributed by atoms with Crippen LogP contribution in [0.25, 0.3) is 0 Å². The van der Waals surface area contributed by atoms with Crippen molar-refractivity contribution in [1.82, 2.24) is 14.7 Å². The van der Waals surface area contributed by atoms with Crippen LogP contribution in [0.15, 0.2) is 0 Å². The van der Waals surface area contributed by atoms with Gasteiger partial charge in [0.25, 0.3) is 5.91 Å². The van der Waals surface area contributed by atoms with Crippen LogP contribution in [0.1, 0.15) is 19.3 Å². The number of ether oxygens (including phenoxy) is 1. The van der Waals surface area contributed by atoms with Crippen molar-refractivity contribution in [3.63, 3.8) is 0 Å². The molecule has 2 atom stereocenters. The second kappa shape index (κ2) is 5.77. The molecule has 0 radical (unpaired) electrons. The maximum Gasteiger partial charge on any atom is 0.253 e. The van der Waals surface area contributed by atoms with Crippen LogP contribution in [0, 0.1) is 0 Å². The molecule has 3 heterocycles. The van der Waals surface area contributed by atoms with Gasteiger partial charge >= 0.3 is 0 Å². The maximum absolute atomic E-state index is 12.6. The summed E-state index contributed by atoms with van der Waals surface area (Å²) in [7, 11) is 2.06. The molecule has 3 rings (SSSR count). The van der Waals surface area contributed by atoms with Crippen molar-refractivity contribution in [2.75, 3.05) is 52.9 Å². The minimum Gasteiger partial charge on any atom is -0.366 e. The standard InChI is InChI=1S/C14H25N3O2/c1-15-8-9-19-13(11-15)14(18)17-7-3-6-16-5-2-4-12(16)10-17/h12-13H,2-11H2,1H3. The molecule has 1 amide bonds. The van der Waals surface area contributed by atoms with Crippen molar-refractivity contribution in [2.24, 2.45) is 0 Å². The molecule has 3 aliphatic heterocycles. The fourth-order valence-electron chi connectivity index (χ4n) is 3.54. The molecule has 0 aromatic rings. The minimum absolute atomic E-state index is 0.209. The van der Waals surface area contributed by atoms with E-state index in [1.165, 1.54) is 19.4 Å². The predicted octanol–water partition coefficient (Wildman–Crippen LogP) is 0.0137. The molecule has 2 unspecified atom stereocenters. The number of rotatable bonds is 1. The van der Waals surface area contributed by atoms with E-state index >= 15 is 0 Å². The van der Waals surface area contributed by atoms with Gasteiger partial charge in [-0.3, -0.25) is 9.69 Å². The van der Waals surface area contributed by atoms with Crippen LogP contribution in [-0.2, 0) is 9.53 Å². The van der Waals surface area contributed by atoms with E-state index in [2.05, 4.69) is 21.7 Å². The summed E-state index contributed by atoms with van der Waals surface area (Å²) in [5, 5.41) is 0. The van der Waals surface area contributed by atoms with Gasteiger partial charge in [-0.2, -0.15) is 0 Å². The summed E-state index contributed by atoms with van der Waals surface area (Å²) in [5.74, 6) is 0.209. The Bertz CT molecular complexity index is 337. The highest BCUT2D eigenvalue weighted by Crippen LogP contribution is 2.22. The number of amides is 1. The Kier molecular flexibility index (Phi) is 4.05. The van der Waals surface area contributed by atoms with Gasteiger partial charge in [0, 0.05) is 38.8 Å². The first-order valence-electron chi connectivity index (χ1n) is 7.57. The smallest absolute Gasteiger partial charge is 0.253 e. The molecule has 3 saturated heterocycles. The largest absolute Gasteiger partial charge is 0.366 e. The van der Waals surface area contributed by atoms with Crippen LogP contribution < -0.4 is 0 Å². The first-order valence-corrected chi connectivity index (χ1v) is 7.57. The second-order valence-electron chi connectivity index (χ2n) is 6.09. The van der Waals surface area contributed by atoms with Gasteiger partial charge in [0.2, 0.25) is 0 Å². The molecule has 0 spiro atoms. The summed E-state index contributed by atoms with van der Waals surface area (Å²) in [6.45, 7) is 6.52. The number of likely N-dealkylation sites (N-methyl/N-ethyl adjacent to an activating group) is 1. The zero-order valence-electron chi connectivity index (χ0n) is 11.9. The summed E-state index contributed by atoms with van der Waals surface area (Å²) in [6, 6.07) is 0.591. The van der Waals surface area contributed by atoms with Crippen molar-refractivity contribution < 1.29 is 9.53 Å². The Morgan fingerprint density at radius 3 is 2.79 bits per heavy atom. The zero-order chi connectivity index (χ0) is 13.2. The number of carbonyl (C=O) groups is 1. The summed E-state index contributed by atoms with van der Waals surface area (Å²) in [6.07, 6.45) is 3.39. The number of hydrogen-bond donors (Lipinski definition) is 0. The molecule has 0 bridgehead atoms. The van der Waals surface area contributed by atoms with Crippen LogP contribution in [0.3, 0.4) is 0 Å². The number of carbonyl (C=O) groups excluding carboxylic acids is 1. The van der Waals surface area contributed by atoms with Crippen molar-refractivity contribution in [3.05, 3.63) is 0 Å². The van der Waals surface area contributed by atoms with Crippen LogP contribution >= 0.6 is 0 Å². The lowest BCUT2D eigenvalue weighted by Gasteiger charge is -2.33. The summed E-state index contributed by atoms with van der Waals surface area (Å²) in [4.78, 5) is 19.4. The summed E-state index contributed by atoms with van der Waals surface area (Å²) < 4.78 is 5.67. The molecule has 108 valence electrons. The number of morpholine rings is 1. The molecule has 5 nitrogen and oxygen atoms in total. The zero-order valence-corrected chi connectivity index (χ0v) is 11.9. The lowest BCUT2D eigenvalue weighted by atomic mass is 10.2. The molecule has 0 N–H and O–H groups in total. The highest BCUT2D eigenvalue weighted by Gasteiger charge is 2.34. The van der Waals surface area contributed by atoms with Crippen LogP contribution in [-0.4, -0.2) is 85.7 Å². The quantitative estimate of drug-likeness (QED) is 0.671. The van der Waals surface area contributed by atoms with Crippen LogP contribution in [0.5, 0.6) is 0 Å². The van der Waals surface area contributed by atoms with Crippen molar-refractivity contribution in [1.29, 1.82) is 0 Å². The third-order valence-corrected chi connectivity index (χ3v) is 4.66. The Morgan fingerprint density at radius 2 is 1.95 bits per heavy atom. The summed E-state index contributed by atoms with van der Waals surface area (Å²) in [5.41, 5.74) is 0. The van der Waals surface area contributed by atoms with Gasteiger partial charge in [-0.15, -0.1) is 0 Å². The lowest BCUT2D eigenvalue weighted by Crippen LogP contribution is -2.51.